The molecule has 3 heteroatoms. The first-order chi connectivity index (χ1) is 7.20. The Morgan fingerprint density at radius 2 is 1.80 bits per heavy atom. The number of nitrogens with zero attached hydrogens (tertiary/aromatic N) is 3. The number of rotatable bonds is 2. The number of hydrogen-bond donors (Lipinski definition) is 0. The second-order valence-corrected chi connectivity index (χ2v) is 5.14. The molecule has 0 aromatic carbocycles. The highest BCUT2D eigenvalue weighted by molar-refractivity contribution is 4.94. The number of nitriles is 1. The van der Waals surface area contributed by atoms with E-state index in [1.807, 2.05) is 0 Å². The van der Waals surface area contributed by atoms with Crippen molar-refractivity contribution in [3.63, 3.8) is 0 Å². The van der Waals surface area contributed by atoms with Gasteiger partial charge >= 0.3 is 0 Å². The zero-order chi connectivity index (χ0) is 10.8. The Balaban J connectivity index is 1.73. The summed E-state index contributed by atoms with van der Waals surface area (Å²) in [5.74, 6) is 0.322. The average molecular weight is 207 g/mol. The van der Waals surface area contributed by atoms with Crippen molar-refractivity contribution in [1.29, 1.82) is 5.26 Å². The predicted molar refractivity (Wildman–Crippen MR) is 60.4 cm³/mol. The van der Waals surface area contributed by atoms with Gasteiger partial charge in [0.2, 0.25) is 0 Å². The Morgan fingerprint density at radius 3 is 2.27 bits per heavy atom. The zero-order valence-electron chi connectivity index (χ0n) is 9.82. The van der Waals surface area contributed by atoms with Gasteiger partial charge in [-0.2, -0.15) is 5.26 Å². The number of piperidine rings is 1. The molecule has 2 aliphatic heterocycles. The molecule has 2 saturated heterocycles. The highest BCUT2D eigenvalue weighted by atomic mass is 15.3. The highest BCUT2D eigenvalue weighted by Crippen LogP contribution is 2.23. The van der Waals surface area contributed by atoms with Crippen LogP contribution in [0.25, 0.3) is 0 Å². The molecule has 84 valence electrons. The highest BCUT2D eigenvalue weighted by Gasteiger charge is 2.34. The van der Waals surface area contributed by atoms with E-state index < -0.39 is 0 Å². The van der Waals surface area contributed by atoms with E-state index in [1.54, 1.807) is 0 Å². The van der Waals surface area contributed by atoms with Gasteiger partial charge in [-0.15, -0.1) is 0 Å². The largest absolute Gasteiger partial charge is 0.298 e. The lowest BCUT2D eigenvalue weighted by molar-refractivity contribution is 0.00141. The number of hydrogen-bond acceptors (Lipinski definition) is 3. The second-order valence-electron chi connectivity index (χ2n) is 5.14. The third-order valence-electron chi connectivity index (χ3n) is 3.85. The molecule has 2 fully saturated rings. The molecule has 0 aromatic heterocycles. The van der Waals surface area contributed by atoms with Crippen molar-refractivity contribution in [2.75, 3.05) is 26.2 Å². The molecule has 0 aromatic rings. The van der Waals surface area contributed by atoms with E-state index >= 15 is 0 Å². The van der Waals surface area contributed by atoms with Crippen molar-refractivity contribution < 1.29 is 0 Å². The van der Waals surface area contributed by atoms with E-state index in [4.69, 9.17) is 5.26 Å². The van der Waals surface area contributed by atoms with Crippen LogP contribution in [0.4, 0.5) is 0 Å². The molecule has 15 heavy (non-hydrogen) atoms. The van der Waals surface area contributed by atoms with E-state index in [1.165, 1.54) is 13.1 Å². The van der Waals surface area contributed by atoms with Crippen LogP contribution < -0.4 is 0 Å². The Hall–Kier alpha value is -0.590. The van der Waals surface area contributed by atoms with Crippen molar-refractivity contribution in [3.8, 4) is 6.07 Å². The fraction of sp³-hybridized carbons (Fsp3) is 0.917. The molecular formula is C12H21N3. The van der Waals surface area contributed by atoms with Crippen molar-refractivity contribution in [3.05, 3.63) is 0 Å². The molecule has 0 spiro atoms. The lowest BCUT2D eigenvalue weighted by Gasteiger charge is -2.49. The van der Waals surface area contributed by atoms with Gasteiger partial charge in [0.1, 0.15) is 0 Å². The lowest BCUT2D eigenvalue weighted by atomic mass is 9.95. The predicted octanol–water partition coefficient (Wildman–Crippen LogP) is 1.31. The molecule has 0 aliphatic carbocycles. The van der Waals surface area contributed by atoms with E-state index in [2.05, 4.69) is 29.7 Å². The van der Waals surface area contributed by atoms with Gasteiger partial charge in [0.25, 0.3) is 0 Å². The molecule has 0 saturated carbocycles. The fourth-order valence-electron chi connectivity index (χ4n) is 2.53. The Bertz CT molecular complexity index is 242. The topological polar surface area (TPSA) is 30.3 Å². The average Bonchev–Trinajstić information content (AvgIpc) is 2.16. The molecule has 2 rings (SSSR count). The van der Waals surface area contributed by atoms with E-state index in [0.29, 0.717) is 12.0 Å². The molecule has 2 aliphatic rings. The third-order valence-corrected chi connectivity index (χ3v) is 3.85. The normalized spacial score (nSPS) is 26.5. The van der Waals surface area contributed by atoms with Crippen molar-refractivity contribution >= 4 is 0 Å². The van der Waals surface area contributed by atoms with E-state index in [9.17, 15) is 0 Å². The number of likely N-dealkylation sites (tertiary alicyclic amines) is 2. The van der Waals surface area contributed by atoms with Crippen LogP contribution in [-0.4, -0.2) is 48.1 Å². The smallest absolute Gasteiger partial charge is 0.0656 e. The van der Waals surface area contributed by atoms with Gasteiger partial charge in [0.15, 0.2) is 0 Å². The summed E-state index contributed by atoms with van der Waals surface area (Å²) in [4.78, 5) is 5.09. The summed E-state index contributed by atoms with van der Waals surface area (Å²) >= 11 is 0. The summed E-state index contributed by atoms with van der Waals surface area (Å²) in [5.41, 5.74) is 0. The monoisotopic (exact) mass is 207 g/mol. The molecule has 2 heterocycles. The fourth-order valence-corrected chi connectivity index (χ4v) is 2.53. The van der Waals surface area contributed by atoms with Gasteiger partial charge in [-0.05, 0) is 39.8 Å². The maximum Gasteiger partial charge on any atom is 0.0656 e. The van der Waals surface area contributed by atoms with Crippen molar-refractivity contribution in [2.24, 2.45) is 5.92 Å². The standard InChI is InChI=1S/C12H21N3/c1-10(2)15-8-12(9-15)14-5-3-11(7-13)4-6-14/h10-12H,3-6,8-9H2,1-2H3. The molecule has 0 bridgehead atoms. The van der Waals surface area contributed by atoms with Crippen LogP contribution in [-0.2, 0) is 0 Å². The van der Waals surface area contributed by atoms with E-state index in [0.717, 1.165) is 32.0 Å². The maximum atomic E-state index is 8.83. The van der Waals surface area contributed by atoms with Crippen LogP contribution in [0.3, 0.4) is 0 Å². The summed E-state index contributed by atoms with van der Waals surface area (Å²) in [6, 6.07) is 3.85. The van der Waals surface area contributed by atoms with Crippen LogP contribution in [0.15, 0.2) is 0 Å². The molecule has 0 radical (unpaired) electrons. The van der Waals surface area contributed by atoms with Crippen molar-refractivity contribution in [1.82, 2.24) is 9.80 Å². The minimum absolute atomic E-state index is 0.322. The summed E-state index contributed by atoms with van der Waals surface area (Å²) in [5, 5.41) is 8.83. The third kappa shape index (κ3) is 2.32. The lowest BCUT2D eigenvalue weighted by Crippen LogP contribution is -2.62. The first kappa shape index (κ1) is 10.9. The quantitative estimate of drug-likeness (QED) is 0.684. The van der Waals surface area contributed by atoms with Gasteiger partial charge in [-0.1, -0.05) is 0 Å². The first-order valence-corrected chi connectivity index (χ1v) is 6.08. The molecule has 0 N–H and O–H groups in total. The molecule has 3 nitrogen and oxygen atoms in total. The Morgan fingerprint density at radius 1 is 1.20 bits per heavy atom. The molecule has 0 amide bonds. The SMILES string of the molecule is CC(C)N1CC(N2CCC(C#N)CC2)C1. The molecule has 0 unspecified atom stereocenters. The first-order valence-electron chi connectivity index (χ1n) is 6.08. The van der Waals surface area contributed by atoms with Gasteiger partial charge in [-0.25, -0.2) is 0 Å². The summed E-state index contributed by atoms with van der Waals surface area (Å²) in [6.45, 7) is 9.25. The second kappa shape index (κ2) is 4.51. The van der Waals surface area contributed by atoms with Gasteiger partial charge in [0.05, 0.1) is 6.07 Å². The van der Waals surface area contributed by atoms with Crippen LogP contribution >= 0.6 is 0 Å². The van der Waals surface area contributed by atoms with Crippen LogP contribution in [0.1, 0.15) is 26.7 Å². The maximum absolute atomic E-state index is 8.83. The minimum Gasteiger partial charge on any atom is -0.298 e. The summed E-state index contributed by atoms with van der Waals surface area (Å²) in [6.07, 6.45) is 2.16. The van der Waals surface area contributed by atoms with Gasteiger partial charge in [0, 0.05) is 31.1 Å². The minimum atomic E-state index is 0.322. The summed E-state index contributed by atoms with van der Waals surface area (Å²) < 4.78 is 0. The molecular weight excluding hydrogens is 186 g/mol. The Kier molecular flexibility index (Phi) is 3.28. The Labute approximate surface area is 92.7 Å². The molecule has 0 atom stereocenters. The van der Waals surface area contributed by atoms with Crippen LogP contribution in [0.5, 0.6) is 0 Å². The van der Waals surface area contributed by atoms with Gasteiger partial charge in [-0.3, -0.25) is 9.80 Å². The van der Waals surface area contributed by atoms with Crippen LogP contribution in [0, 0.1) is 17.2 Å². The van der Waals surface area contributed by atoms with Crippen molar-refractivity contribution in [2.45, 2.75) is 38.8 Å². The summed E-state index contributed by atoms with van der Waals surface area (Å²) in [7, 11) is 0. The van der Waals surface area contributed by atoms with Gasteiger partial charge < -0.3 is 0 Å². The van der Waals surface area contributed by atoms with Crippen LogP contribution in [0.2, 0.25) is 0 Å². The van der Waals surface area contributed by atoms with E-state index in [-0.39, 0.29) is 0 Å². The zero-order valence-corrected chi connectivity index (χ0v) is 9.82.